The van der Waals surface area contributed by atoms with Crippen molar-refractivity contribution in [3.63, 3.8) is 0 Å². The van der Waals surface area contributed by atoms with Crippen LogP contribution in [0.5, 0.6) is 5.75 Å². The third-order valence-electron chi connectivity index (χ3n) is 5.50. The van der Waals surface area contributed by atoms with E-state index in [-0.39, 0.29) is 12.5 Å². The molecule has 1 amide bonds. The van der Waals surface area contributed by atoms with Gasteiger partial charge in [-0.2, -0.15) is 0 Å². The molecule has 0 aliphatic carbocycles. The van der Waals surface area contributed by atoms with Gasteiger partial charge in [-0.25, -0.2) is 0 Å². The molecule has 0 bridgehead atoms. The number of anilines is 1. The van der Waals surface area contributed by atoms with Crippen molar-refractivity contribution in [3.8, 4) is 5.75 Å². The molecule has 0 saturated heterocycles. The van der Waals surface area contributed by atoms with Crippen LogP contribution in [-0.4, -0.2) is 11.1 Å². The monoisotopic (exact) mass is 400 g/mol. The number of hydrogen-bond acceptors (Lipinski definition) is 4. The highest BCUT2D eigenvalue weighted by Crippen LogP contribution is 2.29. The Morgan fingerprint density at radius 3 is 2.43 bits per heavy atom. The fourth-order valence-corrected chi connectivity index (χ4v) is 3.45. The van der Waals surface area contributed by atoms with Gasteiger partial charge in [0.2, 0.25) is 0 Å². The number of ether oxygens (including phenoxy) is 1. The summed E-state index contributed by atoms with van der Waals surface area (Å²) >= 11 is 0. The highest BCUT2D eigenvalue weighted by molar-refractivity contribution is 6.09. The van der Waals surface area contributed by atoms with Gasteiger partial charge in [-0.3, -0.25) is 4.79 Å². The number of nitrogens with zero attached hydrogens (tertiary/aromatic N) is 1. The Labute approximate surface area is 175 Å². The van der Waals surface area contributed by atoms with E-state index in [0.717, 1.165) is 44.6 Å². The molecule has 0 spiro atoms. The van der Waals surface area contributed by atoms with E-state index in [2.05, 4.69) is 10.5 Å². The van der Waals surface area contributed by atoms with Gasteiger partial charge in [-0.1, -0.05) is 41.6 Å². The van der Waals surface area contributed by atoms with Crippen LogP contribution in [-0.2, 0) is 6.61 Å². The molecule has 0 atom stereocenters. The molecule has 4 rings (SSSR count). The zero-order chi connectivity index (χ0) is 21.3. The molecule has 1 heterocycles. The smallest absolute Gasteiger partial charge is 0.259 e. The van der Waals surface area contributed by atoms with Crippen molar-refractivity contribution >= 4 is 22.4 Å². The molecule has 0 unspecified atom stereocenters. The fraction of sp³-hybridized carbons (Fsp3) is 0.200. The van der Waals surface area contributed by atoms with E-state index < -0.39 is 0 Å². The zero-order valence-electron chi connectivity index (χ0n) is 17.6. The number of nitrogens with one attached hydrogen (secondary N) is 1. The summed E-state index contributed by atoms with van der Waals surface area (Å²) in [4.78, 5) is 13.2. The van der Waals surface area contributed by atoms with Crippen LogP contribution in [0.25, 0.3) is 10.8 Å². The molecule has 152 valence electrons. The van der Waals surface area contributed by atoms with Crippen molar-refractivity contribution in [2.75, 3.05) is 5.32 Å². The molecule has 0 saturated carbocycles. The van der Waals surface area contributed by atoms with Crippen LogP contribution in [0.1, 0.15) is 38.5 Å². The van der Waals surface area contributed by atoms with Crippen LogP contribution in [0.3, 0.4) is 0 Å². The molecule has 3 aromatic carbocycles. The second-order valence-electron chi connectivity index (χ2n) is 7.49. The standard InChI is InChI=1S/C25H24N2O3/c1-15-8-7-11-23(16(15)2)26-25(28)21-12-19-9-5-6-10-20(19)13-24(21)29-14-22-17(3)27-30-18(22)4/h5-13H,14H2,1-4H3,(H,26,28). The molecule has 4 aromatic rings. The lowest BCUT2D eigenvalue weighted by Gasteiger charge is -2.15. The van der Waals surface area contributed by atoms with Crippen molar-refractivity contribution < 1.29 is 14.1 Å². The zero-order valence-corrected chi connectivity index (χ0v) is 17.6. The minimum absolute atomic E-state index is 0.205. The van der Waals surface area contributed by atoms with Gasteiger partial charge in [0.15, 0.2) is 0 Å². The fourth-order valence-electron chi connectivity index (χ4n) is 3.45. The maximum absolute atomic E-state index is 13.2. The van der Waals surface area contributed by atoms with Crippen molar-refractivity contribution in [1.29, 1.82) is 0 Å². The van der Waals surface area contributed by atoms with Crippen molar-refractivity contribution in [3.05, 3.63) is 88.3 Å². The number of aryl methyl sites for hydroxylation is 3. The molecule has 0 aliphatic rings. The Morgan fingerprint density at radius 2 is 1.73 bits per heavy atom. The normalized spacial score (nSPS) is 10.9. The average Bonchev–Trinajstić information content (AvgIpc) is 3.06. The summed E-state index contributed by atoms with van der Waals surface area (Å²) in [5.41, 5.74) is 5.14. The summed E-state index contributed by atoms with van der Waals surface area (Å²) in [7, 11) is 0. The molecule has 1 aromatic heterocycles. The highest BCUT2D eigenvalue weighted by atomic mass is 16.5. The maximum Gasteiger partial charge on any atom is 0.259 e. The topological polar surface area (TPSA) is 64.4 Å². The van der Waals surface area contributed by atoms with Crippen molar-refractivity contribution in [2.45, 2.75) is 34.3 Å². The maximum atomic E-state index is 13.2. The lowest BCUT2D eigenvalue weighted by atomic mass is 10.0. The van der Waals surface area contributed by atoms with E-state index in [4.69, 9.17) is 9.26 Å². The summed E-state index contributed by atoms with van der Waals surface area (Å²) in [6.45, 7) is 8.04. The lowest BCUT2D eigenvalue weighted by Crippen LogP contribution is -2.15. The second kappa shape index (κ2) is 8.03. The minimum Gasteiger partial charge on any atom is -0.488 e. The molecule has 0 fully saturated rings. The van der Waals surface area contributed by atoms with Gasteiger partial charge in [-0.15, -0.1) is 0 Å². The van der Waals surface area contributed by atoms with Gasteiger partial charge in [0.1, 0.15) is 18.1 Å². The number of rotatable bonds is 5. The Kier molecular flexibility index (Phi) is 5.27. The number of amides is 1. The number of carbonyl (C=O) groups excluding carboxylic acids is 1. The van der Waals surface area contributed by atoms with Crippen LogP contribution in [0.15, 0.2) is 59.1 Å². The molecule has 0 radical (unpaired) electrons. The van der Waals surface area contributed by atoms with E-state index in [1.54, 1.807) is 0 Å². The molecule has 5 heteroatoms. The molecule has 5 nitrogen and oxygen atoms in total. The lowest BCUT2D eigenvalue weighted by molar-refractivity contribution is 0.102. The van der Waals surface area contributed by atoms with Crippen LogP contribution in [0.4, 0.5) is 5.69 Å². The van der Waals surface area contributed by atoms with Gasteiger partial charge in [0.25, 0.3) is 5.91 Å². The van der Waals surface area contributed by atoms with Crippen LogP contribution < -0.4 is 10.1 Å². The summed E-state index contributed by atoms with van der Waals surface area (Å²) in [6.07, 6.45) is 0. The molecule has 0 aliphatic heterocycles. The predicted molar refractivity (Wildman–Crippen MR) is 118 cm³/mol. The average molecular weight is 400 g/mol. The molecular formula is C25H24N2O3. The van der Waals surface area contributed by atoms with Gasteiger partial charge in [-0.05, 0) is 67.8 Å². The van der Waals surface area contributed by atoms with Gasteiger partial charge in [0.05, 0.1) is 16.8 Å². The Balaban J connectivity index is 1.70. The summed E-state index contributed by atoms with van der Waals surface area (Å²) in [5, 5.41) is 9.00. The van der Waals surface area contributed by atoms with Gasteiger partial charge >= 0.3 is 0 Å². The first-order chi connectivity index (χ1) is 14.4. The van der Waals surface area contributed by atoms with Crippen molar-refractivity contribution in [1.82, 2.24) is 5.16 Å². The van der Waals surface area contributed by atoms with E-state index >= 15 is 0 Å². The second-order valence-corrected chi connectivity index (χ2v) is 7.49. The Morgan fingerprint density at radius 1 is 1.00 bits per heavy atom. The van der Waals surface area contributed by atoms with E-state index in [0.29, 0.717) is 11.3 Å². The molecular weight excluding hydrogens is 376 g/mol. The number of hydrogen-bond donors (Lipinski definition) is 1. The Bertz CT molecular complexity index is 1220. The van der Waals surface area contributed by atoms with Gasteiger partial charge in [0, 0.05) is 5.69 Å². The van der Waals surface area contributed by atoms with E-state index in [1.165, 1.54) is 0 Å². The van der Waals surface area contributed by atoms with Crippen LogP contribution in [0, 0.1) is 27.7 Å². The largest absolute Gasteiger partial charge is 0.488 e. The van der Waals surface area contributed by atoms with Crippen LogP contribution >= 0.6 is 0 Å². The first-order valence-corrected chi connectivity index (χ1v) is 9.89. The minimum atomic E-state index is -0.205. The van der Waals surface area contributed by atoms with Crippen LogP contribution in [0.2, 0.25) is 0 Å². The van der Waals surface area contributed by atoms with E-state index in [1.807, 2.05) is 82.3 Å². The predicted octanol–water partition coefficient (Wildman–Crippen LogP) is 5.89. The SMILES string of the molecule is Cc1cccc(NC(=O)c2cc3ccccc3cc2OCc2c(C)noc2C)c1C. The third-order valence-corrected chi connectivity index (χ3v) is 5.50. The highest BCUT2D eigenvalue weighted by Gasteiger charge is 2.17. The van der Waals surface area contributed by atoms with Gasteiger partial charge < -0.3 is 14.6 Å². The third kappa shape index (κ3) is 3.79. The summed E-state index contributed by atoms with van der Waals surface area (Å²) in [5.74, 6) is 1.04. The first-order valence-electron chi connectivity index (χ1n) is 9.89. The number of carbonyl (C=O) groups is 1. The number of fused-ring (bicyclic) bond motifs is 1. The number of aromatic nitrogens is 1. The van der Waals surface area contributed by atoms with Crippen molar-refractivity contribution in [2.24, 2.45) is 0 Å². The van der Waals surface area contributed by atoms with E-state index in [9.17, 15) is 4.79 Å². The molecule has 30 heavy (non-hydrogen) atoms. The Hall–Kier alpha value is -3.60. The quantitative estimate of drug-likeness (QED) is 0.453. The summed E-state index contributed by atoms with van der Waals surface area (Å²) in [6, 6.07) is 17.6. The molecule has 1 N–H and O–H groups in total. The first kappa shape index (κ1) is 19.7. The number of benzene rings is 3. The summed E-state index contributed by atoms with van der Waals surface area (Å²) < 4.78 is 11.3.